The van der Waals surface area contributed by atoms with Crippen LogP contribution in [0.15, 0.2) is 54.6 Å². The minimum atomic E-state index is -0.496. The van der Waals surface area contributed by atoms with Crippen LogP contribution in [0.2, 0.25) is 0 Å². The Morgan fingerprint density at radius 3 is 2.58 bits per heavy atom. The van der Waals surface area contributed by atoms with Crippen LogP contribution < -0.4 is 5.32 Å². The van der Waals surface area contributed by atoms with Crippen LogP contribution in [-0.2, 0) is 9.53 Å². The topological polar surface area (TPSA) is 98.5 Å². The third-order valence-corrected chi connectivity index (χ3v) is 3.33. The number of rotatable bonds is 7. The Morgan fingerprint density at radius 2 is 1.92 bits per heavy atom. The lowest BCUT2D eigenvalue weighted by Gasteiger charge is -2.05. The minimum Gasteiger partial charge on any atom is -0.462 e. The lowest BCUT2D eigenvalue weighted by atomic mass is 10.2. The van der Waals surface area contributed by atoms with Crippen LogP contribution in [0.5, 0.6) is 0 Å². The normalized spacial score (nSPS) is 10.5. The Kier molecular flexibility index (Phi) is 6.61. The molecule has 0 heterocycles. The van der Waals surface area contributed by atoms with Gasteiger partial charge in [0.15, 0.2) is 0 Å². The number of amides is 1. The van der Waals surface area contributed by atoms with Crippen molar-refractivity contribution in [3.63, 3.8) is 0 Å². The minimum absolute atomic E-state index is 0.0434. The molecule has 2 aromatic carbocycles. The molecule has 0 unspecified atom stereocenters. The van der Waals surface area contributed by atoms with Gasteiger partial charge in [0, 0.05) is 23.9 Å². The first-order valence-corrected chi connectivity index (χ1v) is 8.00. The quantitative estimate of drug-likeness (QED) is 0.353. The number of hydrogen-bond donors (Lipinski definition) is 1. The van der Waals surface area contributed by atoms with Crippen molar-refractivity contribution in [3.8, 4) is 0 Å². The largest absolute Gasteiger partial charge is 0.462 e. The summed E-state index contributed by atoms with van der Waals surface area (Å²) < 4.78 is 5.03. The van der Waals surface area contributed by atoms with Gasteiger partial charge in [0.2, 0.25) is 5.91 Å². The maximum absolute atomic E-state index is 11.9. The highest BCUT2D eigenvalue weighted by molar-refractivity contribution is 6.02. The zero-order valence-electron chi connectivity index (χ0n) is 14.2. The molecule has 0 fully saturated rings. The predicted octanol–water partition coefficient (Wildman–Crippen LogP) is 3.81. The Balaban J connectivity index is 1.96. The first kappa shape index (κ1) is 18.9. The second kappa shape index (κ2) is 9.12. The Bertz CT molecular complexity index is 828. The van der Waals surface area contributed by atoms with Crippen LogP contribution in [-0.4, -0.2) is 23.4 Å². The fourth-order valence-corrected chi connectivity index (χ4v) is 2.07. The number of non-ortho nitro benzene ring substituents is 1. The van der Waals surface area contributed by atoms with Crippen molar-refractivity contribution in [2.24, 2.45) is 0 Å². The van der Waals surface area contributed by atoms with Crippen molar-refractivity contribution in [3.05, 3.63) is 75.8 Å². The van der Waals surface area contributed by atoms with Crippen molar-refractivity contribution in [1.82, 2.24) is 0 Å². The molecule has 0 aliphatic carbocycles. The van der Waals surface area contributed by atoms with Crippen LogP contribution in [0.25, 0.3) is 6.08 Å². The highest BCUT2D eigenvalue weighted by Gasteiger charge is 2.07. The summed E-state index contributed by atoms with van der Waals surface area (Å²) in [6.45, 7) is 2.27. The van der Waals surface area contributed by atoms with E-state index < -0.39 is 16.8 Å². The third-order valence-electron chi connectivity index (χ3n) is 3.33. The smallest absolute Gasteiger partial charge is 0.338 e. The number of hydrogen-bond acceptors (Lipinski definition) is 5. The second-order valence-corrected chi connectivity index (χ2v) is 5.39. The zero-order valence-corrected chi connectivity index (χ0v) is 14.2. The van der Waals surface area contributed by atoms with Crippen LogP contribution in [0, 0.1) is 10.1 Å². The summed E-state index contributed by atoms with van der Waals surface area (Å²) in [5, 5.41) is 13.4. The fourth-order valence-electron chi connectivity index (χ4n) is 2.07. The van der Waals surface area contributed by atoms with Crippen molar-refractivity contribution >= 4 is 29.3 Å². The molecule has 1 N–H and O–H groups in total. The SMILES string of the molecule is CCCOC(=O)c1ccc(NC(=O)/C=C/c2cccc([N+](=O)[O-])c2)cc1. The van der Waals surface area contributed by atoms with Crippen LogP contribution >= 0.6 is 0 Å². The molecule has 0 atom stereocenters. The molecule has 26 heavy (non-hydrogen) atoms. The summed E-state index contributed by atoms with van der Waals surface area (Å²) >= 11 is 0. The molecule has 7 nitrogen and oxygen atoms in total. The highest BCUT2D eigenvalue weighted by atomic mass is 16.6. The molecule has 0 aromatic heterocycles. The van der Waals surface area contributed by atoms with E-state index in [2.05, 4.69) is 5.32 Å². The van der Waals surface area contributed by atoms with E-state index in [0.717, 1.165) is 6.42 Å². The molecule has 0 spiro atoms. The van der Waals surface area contributed by atoms with E-state index in [1.165, 1.54) is 24.3 Å². The maximum Gasteiger partial charge on any atom is 0.338 e. The van der Waals surface area contributed by atoms with E-state index in [4.69, 9.17) is 4.74 Å². The van der Waals surface area contributed by atoms with Gasteiger partial charge in [-0.15, -0.1) is 0 Å². The van der Waals surface area contributed by atoms with Crippen molar-refractivity contribution in [1.29, 1.82) is 0 Å². The molecule has 0 radical (unpaired) electrons. The van der Waals surface area contributed by atoms with Crippen LogP contribution in [0.1, 0.15) is 29.3 Å². The first-order valence-electron chi connectivity index (χ1n) is 8.00. The number of nitrogens with one attached hydrogen (secondary N) is 1. The van der Waals surface area contributed by atoms with Gasteiger partial charge < -0.3 is 10.1 Å². The van der Waals surface area contributed by atoms with E-state index in [1.54, 1.807) is 36.4 Å². The number of carbonyl (C=O) groups is 2. The number of ether oxygens (including phenoxy) is 1. The van der Waals surface area contributed by atoms with E-state index in [-0.39, 0.29) is 5.69 Å². The monoisotopic (exact) mass is 354 g/mol. The van der Waals surface area contributed by atoms with Crippen LogP contribution in [0.3, 0.4) is 0 Å². The van der Waals surface area contributed by atoms with Gasteiger partial charge in [0.1, 0.15) is 0 Å². The summed E-state index contributed by atoms with van der Waals surface area (Å²) in [4.78, 5) is 33.9. The molecule has 0 saturated carbocycles. The number of anilines is 1. The van der Waals surface area contributed by atoms with E-state index >= 15 is 0 Å². The molecule has 134 valence electrons. The van der Waals surface area contributed by atoms with Gasteiger partial charge in [-0.2, -0.15) is 0 Å². The molecule has 0 saturated heterocycles. The predicted molar refractivity (Wildman–Crippen MR) is 97.8 cm³/mol. The molecule has 0 aliphatic heterocycles. The Hall–Kier alpha value is -3.48. The molecular formula is C19H18N2O5. The number of esters is 1. The second-order valence-electron chi connectivity index (χ2n) is 5.39. The molecule has 2 aromatic rings. The lowest BCUT2D eigenvalue weighted by molar-refractivity contribution is -0.384. The van der Waals surface area contributed by atoms with Crippen LogP contribution in [0.4, 0.5) is 11.4 Å². The fraction of sp³-hybridized carbons (Fsp3) is 0.158. The maximum atomic E-state index is 11.9. The summed E-state index contributed by atoms with van der Waals surface area (Å²) in [7, 11) is 0. The van der Waals surface area contributed by atoms with E-state index in [1.807, 2.05) is 6.92 Å². The average Bonchev–Trinajstić information content (AvgIpc) is 2.65. The summed E-state index contributed by atoms with van der Waals surface area (Å²) in [5.74, 6) is -0.798. The zero-order chi connectivity index (χ0) is 18.9. The van der Waals surface area contributed by atoms with Gasteiger partial charge in [-0.3, -0.25) is 14.9 Å². The Labute approximate surface area is 150 Å². The third kappa shape index (κ3) is 5.55. The average molecular weight is 354 g/mol. The molecule has 1 amide bonds. The van der Waals surface area contributed by atoms with Gasteiger partial charge in [-0.05, 0) is 42.3 Å². The van der Waals surface area contributed by atoms with Crippen molar-refractivity contribution < 1.29 is 19.2 Å². The van der Waals surface area contributed by atoms with Gasteiger partial charge in [0.25, 0.3) is 5.69 Å². The number of nitro groups is 1. The highest BCUT2D eigenvalue weighted by Crippen LogP contribution is 2.15. The van der Waals surface area contributed by atoms with Crippen molar-refractivity contribution in [2.45, 2.75) is 13.3 Å². The molecular weight excluding hydrogens is 336 g/mol. The lowest BCUT2D eigenvalue weighted by Crippen LogP contribution is -2.09. The summed E-state index contributed by atoms with van der Waals surface area (Å²) in [5.41, 5.74) is 1.43. The van der Waals surface area contributed by atoms with Crippen molar-refractivity contribution in [2.75, 3.05) is 11.9 Å². The molecule has 7 heteroatoms. The number of nitro benzene ring substituents is 1. The number of benzene rings is 2. The van der Waals surface area contributed by atoms with E-state index in [0.29, 0.717) is 23.4 Å². The molecule has 2 rings (SSSR count). The van der Waals surface area contributed by atoms with Gasteiger partial charge in [0.05, 0.1) is 17.1 Å². The van der Waals surface area contributed by atoms with Gasteiger partial charge >= 0.3 is 5.97 Å². The summed E-state index contributed by atoms with van der Waals surface area (Å²) in [6.07, 6.45) is 3.51. The molecule has 0 bridgehead atoms. The van der Waals surface area contributed by atoms with E-state index in [9.17, 15) is 19.7 Å². The van der Waals surface area contributed by atoms with Gasteiger partial charge in [-0.1, -0.05) is 19.1 Å². The number of nitrogens with zero attached hydrogens (tertiary/aromatic N) is 1. The number of carbonyl (C=O) groups excluding carboxylic acids is 2. The molecule has 0 aliphatic rings. The first-order chi connectivity index (χ1) is 12.5. The summed E-state index contributed by atoms with van der Waals surface area (Å²) in [6, 6.07) is 12.3. The van der Waals surface area contributed by atoms with Gasteiger partial charge in [-0.25, -0.2) is 4.79 Å². The standard InChI is InChI=1S/C19H18N2O5/c1-2-12-26-19(23)15-7-9-16(10-8-15)20-18(22)11-6-14-4-3-5-17(13-14)21(24)25/h3-11,13H,2,12H2,1H3,(H,20,22)/b11-6+. The Morgan fingerprint density at radius 1 is 1.19 bits per heavy atom.